The predicted octanol–water partition coefficient (Wildman–Crippen LogP) is 3.48. The third kappa shape index (κ3) is 2.55. The van der Waals surface area contributed by atoms with Crippen LogP contribution < -0.4 is 0 Å². The summed E-state index contributed by atoms with van der Waals surface area (Å²) in [5, 5.41) is 19.2. The Balaban J connectivity index is 2.53. The molecule has 2 aromatic rings. The van der Waals surface area contributed by atoms with Crippen LogP contribution in [0.1, 0.15) is 0 Å². The summed E-state index contributed by atoms with van der Waals surface area (Å²) >= 11 is 6.68. The number of aromatic nitrogens is 2. The summed E-state index contributed by atoms with van der Waals surface area (Å²) in [7, 11) is 0. The lowest BCUT2D eigenvalue weighted by atomic mass is 10.2. The summed E-state index contributed by atoms with van der Waals surface area (Å²) in [4.78, 5) is 10.3. The van der Waals surface area contributed by atoms with Gasteiger partial charge in [0.05, 0.1) is 4.92 Å². The molecular weight excluding hydrogens is 409 g/mol. The molecule has 0 atom stereocenters. The Kier molecular flexibility index (Phi) is 3.50. The molecule has 0 fully saturated rings. The monoisotopic (exact) mass is 411 g/mol. The molecule has 0 spiro atoms. The van der Waals surface area contributed by atoms with Crippen LogP contribution in [0.15, 0.2) is 22.7 Å². The van der Waals surface area contributed by atoms with E-state index in [1.807, 2.05) is 0 Å². The number of nitro benzene ring substituents is 1. The molecule has 0 aliphatic carbocycles. The lowest BCUT2D eigenvalue weighted by molar-refractivity contribution is -0.384. The Labute approximate surface area is 116 Å². The fraction of sp³-hybridized carbons (Fsp3) is 0. The van der Waals surface area contributed by atoms with E-state index in [0.29, 0.717) is 15.0 Å². The van der Waals surface area contributed by atoms with Crippen molar-refractivity contribution in [1.29, 1.82) is 0 Å². The van der Waals surface area contributed by atoms with Gasteiger partial charge in [-0.15, -0.1) is 10.2 Å². The zero-order valence-corrected chi connectivity index (χ0v) is 12.1. The molecule has 5 nitrogen and oxygen atoms in total. The summed E-state index contributed by atoms with van der Waals surface area (Å²) in [6.07, 6.45) is 0. The van der Waals surface area contributed by atoms with Crippen LogP contribution in [0, 0.1) is 13.1 Å². The van der Waals surface area contributed by atoms with Gasteiger partial charge in [-0.05, 0) is 28.7 Å². The molecule has 0 aliphatic rings. The van der Waals surface area contributed by atoms with Gasteiger partial charge in [-0.2, -0.15) is 0 Å². The summed E-state index contributed by atoms with van der Waals surface area (Å²) in [5.41, 5.74) is 0.732. The summed E-state index contributed by atoms with van der Waals surface area (Å²) < 4.78 is 1.46. The molecule has 0 amide bonds. The van der Waals surface area contributed by atoms with Crippen LogP contribution in [-0.2, 0) is 0 Å². The fourth-order valence-electron chi connectivity index (χ4n) is 1.13. The van der Waals surface area contributed by atoms with Crippen LogP contribution in [0.25, 0.3) is 10.6 Å². The first-order valence-corrected chi connectivity index (χ1v) is 6.69. The van der Waals surface area contributed by atoms with Crippen molar-refractivity contribution >= 4 is 55.5 Å². The fourth-order valence-corrected chi connectivity index (χ4v) is 2.90. The molecule has 0 N–H and O–H groups in total. The van der Waals surface area contributed by atoms with Gasteiger partial charge in [0, 0.05) is 22.2 Å². The average molecular weight is 412 g/mol. The van der Waals surface area contributed by atoms with Gasteiger partial charge < -0.3 is 0 Å². The highest BCUT2D eigenvalue weighted by atomic mass is 127. The topological polar surface area (TPSA) is 68.9 Å². The maximum absolute atomic E-state index is 10.7. The second kappa shape index (κ2) is 4.72. The highest BCUT2D eigenvalue weighted by Gasteiger charge is 2.12. The van der Waals surface area contributed by atoms with Crippen LogP contribution in [0.3, 0.4) is 0 Å². The van der Waals surface area contributed by atoms with Crippen molar-refractivity contribution in [3.05, 3.63) is 35.8 Å². The van der Waals surface area contributed by atoms with Gasteiger partial charge in [0.25, 0.3) is 5.69 Å². The number of nitrogens with zero attached hydrogens (tertiary/aromatic N) is 3. The quantitative estimate of drug-likeness (QED) is 0.431. The standard InChI is InChI=1S/C8H3BrIN3O2S/c9-5-1-4(2-6(3-5)13(14)15)7-11-12-8(10)16-7/h1-3H. The van der Waals surface area contributed by atoms with E-state index in [1.54, 1.807) is 6.07 Å². The van der Waals surface area contributed by atoms with Crippen LogP contribution in [0.4, 0.5) is 5.69 Å². The van der Waals surface area contributed by atoms with E-state index in [1.165, 1.54) is 23.5 Å². The largest absolute Gasteiger partial charge is 0.271 e. The summed E-state index contributed by atoms with van der Waals surface area (Å²) in [6, 6.07) is 4.72. The number of halogens is 2. The minimum absolute atomic E-state index is 0.0367. The molecule has 8 heteroatoms. The molecule has 82 valence electrons. The van der Waals surface area contributed by atoms with Gasteiger partial charge in [0.2, 0.25) is 0 Å². The number of hydrogen-bond acceptors (Lipinski definition) is 5. The van der Waals surface area contributed by atoms with Gasteiger partial charge in [-0.1, -0.05) is 27.3 Å². The van der Waals surface area contributed by atoms with Crippen molar-refractivity contribution in [1.82, 2.24) is 10.2 Å². The van der Waals surface area contributed by atoms with Gasteiger partial charge in [0.1, 0.15) is 5.01 Å². The Hall–Kier alpha value is -0.610. The van der Waals surface area contributed by atoms with E-state index in [0.717, 1.165) is 3.01 Å². The maximum Gasteiger partial charge on any atom is 0.271 e. The van der Waals surface area contributed by atoms with Crippen molar-refractivity contribution < 1.29 is 4.92 Å². The first-order chi connectivity index (χ1) is 7.56. The van der Waals surface area contributed by atoms with E-state index < -0.39 is 4.92 Å². The highest BCUT2D eigenvalue weighted by Crippen LogP contribution is 2.30. The van der Waals surface area contributed by atoms with Crippen LogP contribution in [-0.4, -0.2) is 15.1 Å². The third-order valence-electron chi connectivity index (χ3n) is 1.74. The van der Waals surface area contributed by atoms with E-state index in [2.05, 4.69) is 48.7 Å². The van der Waals surface area contributed by atoms with E-state index >= 15 is 0 Å². The molecule has 0 unspecified atom stereocenters. The molecule has 0 saturated heterocycles. The zero-order valence-electron chi connectivity index (χ0n) is 7.55. The normalized spacial score (nSPS) is 10.4. The second-order valence-corrected chi connectivity index (χ2v) is 6.46. The molecule has 1 aromatic heterocycles. The van der Waals surface area contributed by atoms with Crippen molar-refractivity contribution in [2.75, 3.05) is 0 Å². The predicted molar refractivity (Wildman–Crippen MR) is 72.4 cm³/mol. The molecule has 0 aliphatic heterocycles. The molecule has 0 bridgehead atoms. The smallest absolute Gasteiger partial charge is 0.258 e. The van der Waals surface area contributed by atoms with Crippen LogP contribution in [0.2, 0.25) is 0 Å². The number of nitro groups is 1. The number of rotatable bonds is 2. The SMILES string of the molecule is O=[N+]([O-])c1cc(Br)cc(-c2nnc(I)s2)c1. The highest BCUT2D eigenvalue weighted by molar-refractivity contribution is 14.1. The van der Waals surface area contributed by atoms with Crippen LogP contribution in [0.5, 0.6) is 0 Å². The van der Waals surface area contributed by atoms with E-state index in [-0.39, 0.29) is 5.69 Å². The second-order valence-electron chi connectivity index (χ2n) is 2.82. The Bertz CT molecular complexity index is 560. The Morgan fingerprint density at radius 2 is 2.12 bits per heavy atom. The zero-order chi connectivity index (χ0) is 11.7. The van der Waals surface area contributed by atoms with E-state index in [9.17, 15) is 10.1 Å². The first kappa shape index (κ1) is 11.9. The molecule has 1 aromatic carbocycles. The van der Waals surface area contributed by atoms with Crippen molar-refractivity contribution in [3.8, 4) is 10.6 Å². The van der Waals surface area contributed by atoms with Crippen molar-refractivity contribution in [2.45, 2.75) is 0 Å². The molecule has 0 radical (unpaired) electrons. The molecular formula is C8H3BrIN3O2S. The summed E-state index contributed by atoms with van der Waals surface area (Å²) in [6.45, 7) is 0. The minimum atomic E-state index is -0.430. The van der Waals surface area contributed by atoms with Gasteiger partial charge in [0.15, 0.2) is 3.01 Å². The van der Waals surface area contributed by atoms with Crippen molar-refractivity contribution in [3.63, 3.8) is 0 Å². The van der Waals surface area contributed by atoms with Gasteiger partial charge in [-0.3, -0.25) is 10.1 Å². The Morgan fingerprint density at radius 3 is 2.69 bits per heavy atom. The number of non-ortho nitro benzene ring substituents is 1. The third-order valence-corrected chi connectivity index (χ3v) is 3.84. The molecule has 2 rings (SSSR count). The Morgan fingerprint density at radius 1 is 1.38 bits per heavy atom. The van der Waals surface area contributed by atoms with Crippen molar-refractivity contribution in [2.24, 2.45) is 0 Å². The van der Waals surface area contributed by atoms with Gasteiger partial charge in [-0.25, -0.2) is 0 Å². The van der Waals surface area contributed by atoms with Crippen LogP contribution >= 0.6 is 49.9 Å². The van der Waals surface area contributed by atoms with Gasteiger partial charge >= 0.3 is 0 Å². The lowest BCUT2D eigenvalue weighted by Gasteiger charge is -1.97. The molecule has 16 heavy (non-hydrogen) atoms. The first-order valence-electron chi connectivity index (χ1n) is 4.00. The minimum Gasteiger partial charge on any atom is -0.258 e. The van der Waals surface area contributed by atoms with E-state index in [4.69, 9.17) is 0 Å². The number of benzene rings is 1. The molecule has 0 saturated carbocycles. The lowest BCUT2D eigenvalue weighted by Crippen LogP contribution is -1.88. The number of hydrogen-bond donors (Lipinski definition) is 0. The maximum atomic E-state index is 10.7. The summed E-state index contributed by atoms with van der Waals surface area (Å²) in [5.74, 6) is 0. The molecule has 1 heterocycles. The average Bonchev–Trinajstić information content (AvgIpc) is 2.64.